The van der Waals surface area contributed by atoms with E-state index in [4.69, 9.17) is 4.74 Å². The number of anilines is 1. The molecule has 0 aromatic heterocycles. The topological polar surface area (TPSA) is 53.6 Å². The second-order valence-corrected chi connectivity index (χ2v) is 5.35. The fraction of sp³-hybridized carbons (Fsp3) is 0.562. The molecule has 0 atom stereocenters. The third-order valence-electron chi connectivity index (χ3n) is 3.60. The van der Waals surface area contributed by atoms with Crippen LogP contribution < -0.4 is 15.4 Å². The lowest BCUT2D eigenvalue weighted by Gasteiger charge is -2.26. The predicted molar refractivity (Wildman–Crippen MR) is 92.0 cm³/mol. The van der Waals surface area contributed by atoms with E-state index in [1.54, 1.807) is 7.05 Å². The number of halogens is 1. The zero-order valence-corrected chi connectivity index (χ0v) is 14.0. The van der Waals surface area contributed by atoms with Gasteiger partial charge in [0.25, 0.3) is 0 Å². The Balaban J connectivity index is 0.00000242. The average molecular weight is 328 g/mol. The number of nitrogens with one attached hydrogen (secondary N) is 2. The third kappa shape index (κ3) is 6.64. The molecule has 1 aliphatic heterocycles. The molecule has 1 aliphatic rings. The molecule has 5 nitrogen and oxygen atoms in total. The van der Waals surface area contributed by atoms with E-state index in [1.807, 2.05) is 24.3 Å². The van der Waals surface area contributed by atoms with Gasteiger partial charge in [-0.25, -0.2) is 0 Å². The van der Waals surface area contributed by atoms with E-state index >= 15 is 0 Å². The molecule has 1 saturated heterocycles. The smallest absolute Gasteiger partial charge is 0.238 e. The van der Waals surface area contributed by atoms with Gasteiger partial charge in [-0.05, 0) is 57.2 Å². The first kappa shape index (κ1) is 18.7. The van der Waals surface area contributed by atoms with Crippen LogP contribution in [0.15, 0.2) is 24.3 Å². The van der Waals surface area contributed by atoms with Crippen LogP contribution >= 0.6 is 12.4 Å². The number of piperidine rings is 1. The summed E-state index contributed by atoms with van der Waals surface area (Å²) in [5.74, 6) is 0.801. The Morgan fingerprint density at radius 3 is 2.50 bits per heavy atom. The van der Waals surface area contributed by atoms with Gasteiger partial charge < -0.3 is 15.4 Å². The molecule has 1 heterocycles. The first-order valence-electron chi connectivity index (χ1n) is 7.67. The number of benzene rings is 1. The maximum absolute atomic E-state index is 11.4. The van der Waals surface area contributed by atoms with Crippen LogP contribution in [0.1, 0.15) is 19.3 Å². The van der Waals surface area contributed by atoms with Crippen molar-refractivity contribution in [2.24, 2.45) is 0 Å². The number of likely N-dealkylation sites (tertiary alicyclic amines) is 1. The summed E-state index contributed by atoms with van der Waals surface area (Å²) >= 11 is 0. The molecule has 22 heavy (non-hydrogen) atoms. The Kier molecular flexibility index (Phi) is 8.89. The Labute approximate surface area is 138 Å². The molecule has 6 heteroatoms. The summed E-state index contributed by atoms with van der Waals surface area (Å²) in [4.78, 5) is 13.9. The van der Waals surface area contributed by atoms with Crippen molar-refractivity contribution in [3.8, 4) is 5.75 Å². The number of amides is 1. The van der Waals surface area contributed by atoms with Crippen LogP contribution in [0.4, 0.5) is 5.69 Å². The van der Waals surface area contributed by atoms with Crippen molar-refractivity contribution in [3.63, 3.8) is 0 Å². The van der Waals surface area contributed by atoms with Crippen molar-refractivity contribution in [1.82, 2.24) is 10.2 Å². The minimum Gasteiger partial charge on any atom is -0.492 e. The minimum atomic E-state index is -0.0451. The number of carbonyl (C=O) groups excluding carboxylic acids is 1. The number of likely N-dealkylation sites (N-methyl/N-ethyl adjacent to an activating group) is 1. The molecule has 2 rings (SSSR count). The average Bonchev–Trinajstić information content (AvgIpc) is 2.50. The van der Waals surface area contributed by atoms with Crippen molar-refractivity contribution < 1.29 is 9.53 Å². The standard InChI is InChI=1S/C16H25N3O2.ClH/c1-17-13-16(20)18-14-5-7-15(8-6-14)21-12-11-19-9-3-2-4-10-19;/h5-8,17H,2-4,9-13H2,1H3,(H,18,20);1H. The van der Waals surface area contributed by atoms with Gasteiger partial charge in [0.15, 0.2) is 0 Å². The summed E-state index contributed by atoms with van der Waals surface area (Å²) in [6.45, 7) is 4.40. The van der Waals surface area contributed by atoms with Crippen LogP contribution in [0, 0.1) is 0 Å². The molecular weight excluding hydrogens is 302 g/mol. The van der Waals surface area contributed by atoms with Crippen LogP contribution in [0.3, 0.4) is 0 Å². The predicted octanol–water partition coefficient (Wildman–Crippen LogP) is 2.13. The Morgan fingerprint density at radius 1 is 1.18 bits per heavy atom. The molecule has 1 aromatic carbocycles. The van der Waals surface area contributed by atoms with Gasteiger partial charge in [-0.1, -0.05) is 6.42 Å². The summed E-state index contributed by atoms with van der Waals surface area (Å²) in [5, 5.41) is 5.63. The van der Waals surface area contributed by atoms with Gasteiger partial charge in [0.2, 0.25) is 5.91 Å². The van der Waals surface area contributed by atoms with Gasteiger partial charge in [-0.3, -0.25) is 9.69 Å². The number of hydrogen-bond donors (Lipinski definition) is 2. The second-order valence-electron chi connectivity index (χ2n) is 5.35. The van der Waals surface area contributed by atoms with Crippen LogP contribution in [0.25, 0.3) is 0 Å². The highest BCUT2D eigenvalue weighted by Crippen LogP contribution is 2.16. The summed E-state index contributed by atoms with van der Waals surface area (Å²) in [6.07, 6.45) is 3.97. The van der Waals surface area contributed by atoms with Crippen molar-refractivity contribution in [3.05, 3.63) is 24.3 Å². The quantitative estimate of drug-likeness (QED) is 0.805. The summed E-state index contributed by atoms with van der Waals surface area (Å²) in [6, 6.07) is 7.52. The number of carbonyl (C=O) groups is 1. The van der Waals surface area contributed by atoms with Gasteiger partial charge in [-0.2, -0.15) is 0 Å². The van der Waals surface area contributed by atoms with E-state index in [1.165, 1.54) is 32.4 Å². The van der Waals surface area contributed by atoms with E-state index < -0.39 is 0 Å². The van der Waals surface area contributed by atoms with Gasteiger partial charge in [-0.15, -0.1) is 12.4 Å². The molecule has 0 saturated carbocycles. The first-order chi connectivity index (χ1) is 10.3. The molecule has 1 aromatic rings. The van der Waals surface area contributed by atoms with Crippen molar-refractivity contribution in [2.45, 2.75) is 19.3 Å². The molecule has 2 N–H and O–H groups in total. The van der Waals surface area contributed by atoms with Gasteiger partial charge in [0, 0.05) is 12.2 Å². The minimum absolute atomic E-state index is 0. The highest BCUT2D eigenvalue weighted by molar-refractivity contribution is 5.92. The normalized spacial score (nSPS) is 15.0. The molecule has 124 valence electrons. The highest BCUT2D eigenvalue weighted by Gasteiger charge is 2.09. The van der Waals surface area contributed by atoms with Crippen molar-refractivity contribution >= 4 is 24.0 Å². The van der Waals surface area contributed by atoms with E-state index in [0.29, 0.717) is 13.2 Å². The molecular formula is C16H26ClN3O2. The molecule has 0 radical (unpaired) electrons. The number of nitrogens with zero attached hydrogens (tertiary/aromatic N) is 1. The third-order valence-corrected chi connectivity index (χ3v) is 3.60. The first-order valence-corrected chi connectivity index (χ1v) is 7.67. The Hall–Kier alpha value is -1.30. The second kappa shape index (κ2) is 10.4. The molecule has 0 unspecified atom stereocenters. The summed E-state index contributed by atoms with van der Waals surface area (Å²) in [5.41, 5.74) is 0.790. The van der Waals surface area contributed by atoms with Crippen LogP contribution in [-0.2, 0) is 4.79 Å². The fourth-order valence-electron chi connectivity index (χ4n) is 2.48. The maximum atomic E-state index is 11.4. The number of hydrogen-bond acceptors (Lipinski definition) is 4. The van der Waals surface area contributed by atoms with Crippen molar-refractivity contribution in [1.29, 1.82) is 0 Å². The van der Waals surface area contributed by atoms with E-state index in [0.717, 1.165) is 18.0 Å². The zero-order chi connectivity index (χ0) is 14.9. The lowest BCUT2D eigenvalue weighted by Crippen LogP contribution is -2.33. The molecule has 1 amide bonds. The molecule has 0 spiro atoms. The zero-order valence-electron chi connectivity index (χ0n) is 13.1. The largest absolute Gasteiger partial charge is 0.492 e. The highest BCUT2D eigenvalue weighted by atomic mass is 35.5. The van der Waals surface area contributed by atoms with Crippen LogP contribution in [-0.4, -0.2) is 50.6 Å². The summed E-state index contributed by atoms with van der Waals surface area (Å²) in [7, 11) is 1.75. The lowest BCUT2D eigenvalue weighted by atomic mass is 10.1. The van der Waals surface area contributed by atoms with Crippen LogP contribution in [0.5, 0.6) is 5.75 Å². The van der Waals surface area contributed by atoms with Gasteiger partial charge in [0.05, 0.1) is 6.54 Å². The Bertz CT molecular complexity index is 434. The SMILES string of the molecule is CNCC(=O)Nc1ccc(OCCN2CCCCC2)cc1.Cl. The monoisotopic (exact) mass is 327 g/mol. The van der Waals surface area contributed by atoms with E-state index in [2.05, 4.69) is 15.5 Å². The lowest BCUT2D eigenvalue weighted by molar-refractivity contribution is -0.115. The maximum Gasteiger partial charge on any atom is 0.238 e. The molecule has 0 bridgehead atoms. The van der Waals surface area contributed by atoms with Crippen molar-refractivity contribution in [2.75, 3.05) is 45.2 Å². The van der Waals surface area contributed by atoms with E-state index in [-0.39, 0.29) is 18.3 Å². The Morgan fingerprint density at radius 2 is 1.86 bits per heavy atom. The summed E-state index contributed by atoms with van der Waals surface area (Å²) < 4.78 is 5.75. The molecule has 0 aliphatic carbocycles. The van der Waals surface area contributed by atoms with Gasteiger partial charge in [0.1, 0.15) is 12.4 Å². The fourth-order valence-corrected chi connectivity index (χ4v) is 2.48. The number of ether oxygens (including phenoxy) is 1. The van der Waals surface area contributed by atoms with Gasteiger partial charge >= 0.3 is 0 Å². The van der Waals surface area contributed by atoms with Crippen LogP contribution in [0.2, 0.25) is 0 Å². The van der Waals surface area contributed by atoms with E-state index in [9.17, 15) is 4.79 Å². The molecule has 1 fully saturated rings. The number of rotatable bonds is 7.